The summed E-state index contributed by atoms with van der Waals surface area (Å²) in [5.74, 6) is -1.85. The lowest BCUT2D eigenvalue weighted by molar-refractivity contribution is -0.113. The Bertz CT molecular complexity index is 1880. The quantitative estimate of drug-likeness (QED) is 0.0788. The summed E-state index contributed by atoms with van der Waals surface area (Å²) in [4.78, 5) is 25.7. The topological polar surface area (TPSA) is 148 Å². The molecule has 12 heteroatoms. The molecule has 0 heterocycles. The number of halogens is 2. The highest BCUT2D eigenvalue weighted by Crippen LogP contribution is 2.35. The van der Waals surface area contributed by atoms with Crippen molar-refractivity contribution >= 4 is 57.8 Å². The largest absolute Gasteiger partial charge is 0.510 e. The van der Waals surface area contributed by atoms with Gasteiger partial charge in [-0.25, -0.2) is 0 Å². The van der Waals surface area contributed by atoms with Gasteiger partial charge in [0, 0.05) is 11.4 Å². The van der Waals surface area contributed by atoms with Gasteiger partial charge in [0.25, 0.3) is 11.8 Å². The van der Waals surface area contributed by atoms with Crippen LogP contribution in [-0.4, -0.2) is 22.0 Å². The van der Waals surface area contributed by atoms with E-state index in [0.717, 1.165) is 22.3 Å². The maximum Gasteiger partial charge on any atom is 0.279 e. The number of aliphatic hydroxyl groups excluding tert-OH is 2. The molecule has 0 bridgehead atoms. The summed E-state index contributed by atoms with van der Waals surface area (Å²) in [5.41, 5.74) is 6.43. The third-order valence-electron chi connectivity index (χ3n) is 7.12. The highest BCUT2D eigenvalue weighted by molar-refractivity contribution is 6.34. The van der Waals surface area contributed by atoms with Crippen LogP contribution in [0, 0.1) is 27.7 Å². The second kappa shape index (κ2) is 15.5. The number of hydrogen-bond acceptors (Lipinski definition) is 8. The van der Waals surface area contributed by atoms with Crippen LogP contribution in [-0.2, 0) is 9.59 Å². The summed E-state index contributed by atoms with van der Waals surface area (Å²) in [7, 11) is 0. The molecule has 0 spiro atoms. The normalized spacial score (nSPS) is 12.6. The second-order valence-corrected chi connectivity index (χ2v) is 12.0. The Morgan fingerprint density at radius 2 is 0.958 bits per heavy atom. The number of anilines is 2. The third-order valence-corrected chi connectivity index (χ3v) is 7.73. The summed E-state index contributed by atoms with van der Waals surface area (Å²) >= 11 is 13.0. The second-order valence-electron chi connectivity index (χ2n) is 11.1. The van der Waals surface area contributed by atoms with Crippen molar-refractivity contribution in [1.29, 1.82) is 0 Å². The van der Waals surface area contributed by atoms with E-state index in [4.69, 9.17) is 23.2 Å². The number of amides is 2. The first kappa shape index (κ1) is 35.5. The van der Waals surface area contributed by atoms with Gasteiger partial charge in [0.2, 0.25) is 0 Å². The number of nitrogens with one attached hydrogen (secondary N) is 2. The van der Waals surface area contributed by atoms with E-state index >= 15 is 0 Å². The minimum atomic E-state index is -0.621. The molecule has 0 fully saturated rings. The smallest absolute Gasteiger partial charge is 0.279 e. The number of carbonyl (C=O) groups is 2. The zero-order valence-corrected chi connectivity index (χ0v) is 28.7. The van der Waals surface area contributed by atoms with Crippen LogP contribution < -0.4 is 10.6 Å². The Kier molecular flexibility index (Phi) is 11.5. The number of allylic oxidation sites excluding steroid dienone is 2. The number of carbonyl (C=O) groups excluding carboxylic acids is 2. The Morgan fingerprint density at radius 3 is 1.27 bits per heavy atom. The SMILES string of the molecule is C/C(O)=C(/N=N/c1ccc(-c2ccc(/N=N/C(C(=O)Nc3ccc(C)cc3C)=C(/C)O)c(Cl)c2)cc1Cl)C(=O)Nc1ccc(C)cc1C. The van der Waals surface area contributed by atoms with E-state index in [2.05, 4.69) is 31.1 Å². The number of benzene rings is 4. The molecule has 0 radical (unpaired) electrons. The highest BCUT2D eigenvalue weighted by atomic mass is 35.5. The monoisotopic (exact) mass is 684 g/mol. The molecule has 246 valence electrons. The molecule has 0 saturated carbocycles. The highest BCUT2D eigenvalue weighted by Gasteiger charge is 2.17. The fourth-order valence-corrected chi connectivity index (χ4v) is 5.01. The van der Waals surface area contributed by atoms with Gasteiger partial charge in [-0.1, -0.05) is 70.7 Å². The molecular weight excluding hydrogens is 651 g/mol. The molecule has 48 heavy (non-hydrogen) atoms. The molecule has 0 aliphatic carbocycles. The lowest BCUT2D eigenvalue weighted by Crippen LogP contribution is -2.15. The molecule has 2 amide bonds. The minimum absolute atomic E-state index is 0.240. The summed E-state index contributed by atoms with van der Waals surface area (Å²) in [6.45, 7) is 10.3. The first-order valence-corrected chi connectivity index (χ1v) is 15.5. The summed E-state index contributed by atoms with van der Waals surface area (Å²) in [5, 5.41) is 42.4. The summed E-state index contributed by atoms with van der Waals surface area (Å²) < 4.78 is 0. The minimum Gasteiger partial charge on any atom is -0.510 e. The Hall–Kier alpha value is -5.32. The van der Waals surface area contributed by atoms with Crippen LogP contribution in [0.1, 0.15) is 36.1 Å². The van der Waals surface area contributed by atoms with Crippen molar-refractivity contribution in [2.45, 2.75) is 41.5 Å². The van der Waals surface area contributed by atoms with Crippen molar-refractivity contribution in [3.63, 3.8) is 0 Å². The Morgan fingerprint density at radius 1 is 0.583 bits per heavy atom. The van der Waals surface area contributed by atoms with Crippen LogP contribution >= 0.6 is 23.2 Å². The lowest BCUT2D eigenvalue weighted by Gasteiger charge is -2.10. The van der Waals surface area contributed by atoms with E-state index in [-0.39, 0.29) is 44.3 Å². The number of aliphatic hydroxyl groups is 2. The third kappa shape index (κ3) is 8.93. The van der Waals surface area contributed by atoms with E-state index in [1.165, 1.54) is 13.8 Å². The number of aryl methyl sites for hydroxylation is 4. The van der Waals surface area contributed by atoms with E-state index in [1.54, 1.807) is 48.5 Å². The van der Waals surface area contributed by atoms with Gasteiger partial charge >= 0.3 is 0 Å². The van der Waals surface area contributed by atoms with Gasteiger partial charge in [-0.05, 0) is 100 Å². The van der Waals surface area contributed by atoms with Gasteiger partial charge in [0.15, 0.2) is 11.4 Å². The number of nitrogens with zero attached hydrogens (tertiary/aromatic N) is 4. The van der Waals surface area contributed by atoms with Crippen molar-refractivity contribution in [3.8, 4) is 11.1 Å². The average molecular weight is 686 g/mol. The molecule has 4 rings (SSSR count). The molecule has 0 aromatic heterocycles. The first-order chi connectivity index (χ1) is 22.7. The molecule has 0 aliphatic heterocycles. The summed E-state index contributed by atoms with van der Waals surface area (Å²) in [6.07, 6.45) is 0. The average Bonchev–Trinajstić information content (AvgIpc) is 3.01. The molecule has 4 aromatic carbocycles. The van der Waals surface area contributed by atoms with Gasteiger partial charge in [0.1, 0.15) is 22.9 Å². The van der Waals surface area contributed by atoms with Crippen LogP contribution in [0.25, 0.3) is 11.1 Å². The zero-order valence-electron chi connectivity index (χ0n) is 27.2. The number of rotatable bonds is 9. The van der Waals surface area contributed by atoms with Crippen molar-refractivity contribution in [1.82, 2.24) is 0 Å². The van der Waals surface area contributed by atoms with Crippen molar-refractivity contribution in [2.75, 3.05) is 10.6 Å². The van der Waals surface area contributed by atoms with Gasteiger partial charge in [-0.15, -0.1) is 20.5 Å². The Labute approximate surface area is 288 Å². The fourth-order valence-electron chi connectivity index (χ4n) is 4.58. The van der Waals surface area contributed by atoms with Gasteiger partial charge < -0.3 is 20.8 Å². The van der Waals surface area contributed by atoms with Crippen LogP contribution in [0.15, 0.2) is 116 Å². The molecule has 0 aliphatic rings. The standard InChI is InChI=1S/C36H34Cl2N6O4/c1-19-7-11-29(21(3)15-19)39-35(47)33(23(5)45)43-41-31-13-9-25(17-27(31)37)26-10-14-32(28(38)18-26)42-44-34(24(6)46)36(48)40-30-12-8-20(2)16-22(30)4/h7-18,45-46H,1-6H3,(H,39,47)(H,40,48)/b33-23-,34-24-,43-41+,44-42+. The van der Waals surface area contributed by atoms with Gasteiger partial charge in [-0.3, -0.25) is 9.59 Å². The van der Waals surface area contributed by atoms with Crippen LogP contribution in [0.5, 0.6) is 0 Å². The number of azo groups is 2. The van der Waals surface area contributed by atoms with Crippen molar-refractivity contribution in [3.05, 3.63) is 128 Å². The molecule has 0 unspecified atom stereocenters. The Balaban J connectivity index is 1.49. The molecule has 0 saturated heterocycles. The number of hydrogen-bond donors (Lipinski definition) is 4. The van der Waals surface area contributed by atoms with Gasteiger partial charge in [-0.2, -0.15) is 0 Å². The summed E-state index contributed by atoms with van der Waals surface area (Å²) in [6, 6.07) is 21.2. The lowest BCUT2D eigenvalue weighted by atomic mass is 10.1. The van der Waals surface area contributed by atoms with E-state index in [0.29, 0.717) is 22.5 Å². The molecule has 4 N–H and O–H groups in total. The fraction of sp³-hybridized carbons (Fsp3) is 0.167. The van der Waals surface area contributed by atoms with E-state index in [9.17, 15) is 19.8 Å². The van der Waals surface area contributed by atoms with Crippen LogP contribution in [0.2, 0.25) is 10.0 Å². The molecular formula is C36H34Cl2N6O4. The molecule has 10 nitrogen and oxygen atoms in total. The maximum atomic E-state index is 12.9. The maximum absolute atomic E-state index is 12.9. The predicted octanol–water partition coefficient (Wildman–Crippen LogP) is 10.9. The first-order valence-electron chi connectivity index (χ1n) is 14.7. The van der Waals surface area contributed by atoms with Gasteiger partial charge in [0.05, 0.1) is 10.0 Å². The van der Waals surface area contributed by atoms with Crippen molar-refractivity contribution in [2.24, 2.45) is 20.5 Å². The van der Waals surface area contributed by atoms with E-state index < -0.39 is 11.8 Å². The van der Waals surface area contributed by atoms with Crippen LogP contribution in [0.4, 0.5) is 22.7 Å². The zero-order chi connectivity index (χ0) is 35.1. The molecule has 0 atom stereocenters. The molecule has 4 aromatic rings. The predicted molar refractivity (Wildman–Crippen MR) is 191 cm³/mol. The van der Waals surface area contributed by atoms with Crippen LogP contribution in [0.3, 0.4) is 0 Å². The van der Waals surface area contributed by atoms with E-state index in [1.807, 2.05) is 52.0 Å². The van der Waals surface area contributed by atoms with Crippen molar-refractivity contribution < 1.29 is 19.8 Å².